The lowest BCUT2D eigenvalue weighted by molar-refractivity contribution is 0.151. The summed E-state index contributed by atoms with van der Waals surface area (Å²) in [4.78, 5) is 3.41. The SMILES string of the molecule is Nc1c(S(=O)(=O)Cl)ncc(I)c1C(F)F. The van der Waals surface area contributed by atoms with Crippen molar-refractivity contribution in [3.8, 4) is 0 Å². The first-order chi connectivity index (χ1) is 6.75. The van der Waals surface area contributed by atoms with Gasteiger partial charge < -0.3 is 5.73 Å². The van der Waals surface area contributed by atoms with Gasteiger partial charge in [0.25, 0.3) is 15.5 Å². The summed E-state index contributed by atoms with van der Waals surface area (Å²) in [5, 5.41) is -0.736. The Bertz CT molecular complexity index is 494. The van der Waals surface area contributed by atoms with Gasteiger partial charge in [-0.2, -0.15) is 0 Å². The standard InChI is InChI=1S/C6H4ClF2IN2O2S/c7-15(13,14)6-4(11)3(5(8)9)2(10)1-12-6/h1,5H,11H2. The van der Waals surface area contributed by atoms with Crippen LogP contribution in [0.4, 0.5) is 14.5 Å². The van der Waals surface area contributed by atoms with Crippen molar-refractivity contribution in [3.63, 3.8) is 0 Å². The van der Waals surface area contributed by atoms with Gasteiger partial charge >= 0.3 is 0 Å². The first kappa shape index (κ1) is 12.8. The van der Waals surface area contributed by atoms with Gasteiger partial charge in [0.15, 0.2) is 5.03 Å². The maximum Gasteiger partial charge on any atom is 0.280 e. The number of alkyl halides is 2. The van der Waals surface area contributed by atoms with Crippen LogP contribution in [0.15, 0.2) is 11.2 Å². The third-order valence-electron chi connectivity index (χ3n) is 1.52. The van der Waals surface area contributed by atoms with Crippen molar-refractivity contribution in [2.24, 2.45) is 0 Å². The predicted octanol–water partition coefficient (Wildman–Crippen LogP) is 2.13. The predicted molar refractivity (Wildman–Crippen MR) is 59.4 cm³/mol. The third kappa shape index (κ3) is 2.67. The van der Waals surface area contributed by atoms with Gasteiger partial charge in [0.05, 0.1) is 11.3 Å². The second-order valence-electron chi connectivity index (χ2n) is 2.48. The molecule has 9 heteroatoms. The molecular weight excluding hydrogens is 364 g/mol. The van der Waals surface area contributed by atoms with Crippen LogP contribution in [0.1, 0.15) is 12.0 Å². The second kappa shape index (κ2) is 4.34. The van der Waals surface area contributed by atoms with Crippen molar-refractivity contribution in [1.29, 1.82) is 0 Å². The molecule has 4 nitrogen and oxygen atoms in total. The van der Waals surface area contributed by atoms with Crippen molar-refractivity contribution >= 4 is 48.0 Å². The Hall–Kier alpha value is -0.220. The Morgan fingerprint density at radius 3 is 2.47 bits per heavy atom. The van der Waals surface area contributed by atoms with Gasteiger partial charge in [-0.05, 0) is 22.6 Å². The summed E-state index contributed by atoms with van der Waals surface area (Å²) in [5.41, 5.74) is 4.09. The number of halogens is 4. The zero-order valence-electron chi connectivity index (χ0n) is 6.92. The summed E-state index contributed by atoms with van der Waals surface area (Å²) in [5.74, 6) is 0. The van der Waals surface area contributed by atoms with E-state index in [9.17, 15) is 17.2 Å². The smallest absolute Gasteiger partial charge is 0.280 e. The maximum absolute atomic E-state index is 12.5. The third-order valence-corrected chi connectivity index (χ3v) is 3.61. The number of nitrogens with two attached hydrogens (primary N) is 1. The molecule has 15 heavy (non-hydrogen) atoms. The van der Waals surface area contributed by atoms with Crippen LogP contribution in [-0.2, 0) is 9.05 Å². The molecule has 1 rings (SSSR count). The van der Waals surface area contributed by atoms with Crippen LogP contribution in [0.2, 0.25) is 0 Å². The van der Waals surface area contributed by atoms with Crippen molar-refractivity contribution in [2.75, 3.05) is 5.73 Å². The summed E-state index contributed by atoms with van der Waals surface area (Å²) in [6.45, 7) is 0. The van der Waals surface area contributed by atoms with Gasteiger partial charge in [-0.1, -0.05) is 0 Å². The van der Waals surface area contributed by atoms with Crippen LogP contribution in [0.3, 0.4) is 0 Å². The maximum atomic E-state index is 12.5. The summed E-state index contributed by atoms with van der Waals surface area (Å²) in [6.07, 6.45) is -1.90. The van der Waals surface area contributed by atoms with Gasteiger partial charge in [-0.3, -0.25) is 0 Å². The van der Waals surface area contributed by atoms with Crippen molar-refractivity contribution in [2.45, 2.75) is 11.5 Å². The average Bonchev–Trinajstić information content (AvgIpc) is 2.00. The normalized spacial score (nSPS) is 12.1. The summed E-state index contributed by atoms with van der Waals surface area (Å²) >= 11 is 1.59. The monoisotopic (exact) mass is 368 g/mol. The number of rotatable bonds is 2. The topological polar surface area (TPSA) is 73.1 Å². The fourth-order valence-electron chi connectivity index (χ4n) is 0.914. The number of hydrogen-bond acceptors (Lipinski definition) is 4. The van der Waals surface area contributed by atoms with E-state index in [0.717, 1.165) is 6.20 Å². The molecule has 0 saturated carbocycles. The van der Waals surface area contributed by atoms with Crippen LogP contribution < -0.4 is 5.73 Å². The van der Waals surface area contributed by atoms with Crippen molar-refractivity contribution < 1.29 is 17.2 Å². The zero-order chi connectivity index (χ0) is 11.8. The number of nitrogens with zero attached hydrogens (tertiary/aromatic N) is 1. The molecule has 0 radical (unpaired) electrons. The Kier molecular flexibility index (Phi) is 3.71. The van der Waals surface area contributed by atoms with Gasteiger partial charge in [0.2, 0.25) is 0 Å². The molecule has 0 aliphatic rings. The lowest BCUT2D eigenvalue weighted by Gasteiger charge is -2.09. The molecule has 2 N–H and O–H groups in total. The Morgan fingerprint density at radius 1 is 1.53 bits per heavy atom. The minimum atomic E-state index is -4.21. The van der Waals surface area contributed by atoms with Crippen LogP contribution in [0.25, 0.3) is 0 Å². The Morgan fingerprint density at radius 2 is 2.07 bits per heavy atom. The molecule has 1 aromatic rings. The minimum absolute atomic E-state index is 0.0872. The molecule has 0 saturated heterocycles. The van der Waals surface area contributed by atoms with Gasteiger partial charge in [-0.25, -0.2) is 22.2 Å². The molecule has 0 aromatic carbocycles. The highest BCUT2D eigenvalue weighted by Gasteiger charge is 2.24. The van der Waals surface area contributed by atoms with E-state index in [1.54, 1.807) is 22.6 Å². The average molecular weight is 369 g/mol. The van der Waals surface area contributed by atoms with Gasteiger partial charge in [0.1, 0.15) is 0 Å². The molecule has 0 aliphatic carbocycles. The van der Waals surface area contributed by atoms with Gasteiger partial charge in [0, 0.05) is 20.4 Å². The summed E-state index contributed by atoms with van der Waals surface area (Å²) in [7, 11) is 0.768. The molecule has 0 fully saturated rings. The Labute approximate surface area is 102 Å². The largest absolute Gasteiger partial charge is 0.396 e. The highest BCUT2D eigenvalue weighted by atomic mass is 127. The van der Waals surface area contributed by atoms with Gasteiger partial charge in [-0.15, -0.1) is 0 Å². The van der Waals surface area contributed by atoms with Crippen molar-refractivity contribution in [1.82, 2.24) is 4.98 Å². The number of nitrogen functional groups attached to an aromatic ring is 1. The molecule has 0 unspecified atom stereocenters. The first-order valence-electron chi connectivity index (χ1n) is 3.42. The summed E-state index contributed by atoms with van der Waals surface area (Å²) < 4.78 is 46.9. The van der Waals surface area contributed by atoms with Crippen LogP contribution in [-0.4, -0.2) is 13.4 Å². The van der Waals surface area contributed by atoms with E-state index in [-0.39, 0.29) is 3.57 Å². The van der Waals surface area contributed by atoms with E-state index < -0.39 is 31.8 Å². The van der Waals surface area contributed by atoms with E-state index in [4.69, 9.17) is 16.4 Å². The van der Waals surface area contributed by atoms with E-state index in [2.05, 4.69) is 4.98 Å². The summed E-state index contributed by atoms with van der Waals surface area (Å²) in [6, 6.07) is 0. The van der Waals surface area contributed by atoms with E-state index in [1.165, 1.54) is 0 Å². The van der Waals surface area contributed by atoms with Crippen LogP contribution in [0, 0.1) is 3.57 Å². The second-order valence-corrected chi connectivity index (χ2v) is 6.12. The highest BCUT2D eigenvalue weighted by molar-refractivity contribution is 14.1. The fourth-order valence-corrected chi connectivity index (χ4v) is 2.50. The lowest BCUT2D eigenvalue weighted by Crippen LogP contribution is -2.07. The molecule has 0 atom stereocenters. The first-order valence-corrected chi connectivity index (χ1v) is 6.80. The van der Waals surface area contributed by atoms with Crippen LogP contribution in [0.5, 0.6) is 0 Å². The highest BCUT2D eigenvalue weighted by Crippen LogP contribution is 2.33. The minimum Gasteiger partial charge on any atom is -0.396 e. The molecule has 1 aromatic heterocycles. The zero-order valence-corrected chi connectivity index (χ0v) is 10.6. The lowest BCUT2D eigenvalue weighted by atomic mass is 10.2. The quantitative estimate of drug-likeness (QED) is 0.641. The molecule has 0 spiro atoms. The Balaban J connectivity index is 3.56. The fraction of sp³-hybridized carbons (Fsp3) is 0.167. The number of anilines is 1. The van der Waals surface area contributed by atoms with E-state index in [1.807, 2.05) is 0 Å². The number of pyridine rings is 1. The van der Waals surface area contributed by atoms with E-state index in [0.29, 0.717) is 0 Å². The molecular formula is C6H4ClF2IN2O2S. The van der Waals surface area contributed by atoms with E-state index >= 15 is 0 Å². The van der Waals surface area contributed by atoms with Crippen molar-refractivity contribution in [3.05, 3.63) is 15.3 Å². The molecule has 0 aliphatic heterocycles. The number of aromatic nitrogens is 1. The molecule has 84 valence electrons. The van der Waals surface area contributed by atoms with Crippen LogP contribution >= 0.6 is 33.3 Å². The molecule has 1 heterocycles. The number of hydrogen-bond donors (Lipinski definition) is 1. The molecule has 0 amide bonds. The molecule has 0 bridgehead atoms.